The summed E-state index contributed by atoms with van der Waals surface area (Å²) in [5.41, 5.74) is -0.129. The van der Waals surface area contributed by atoms with Crippen molar-refractivity contribution in [2.45, 2.75) is 70.7 Å². The number of nitriles is 1. The average molecular weight is 543 g/mol. The summed E-state index contributed by atoms with van der Waals surface area (Å²) < 4.78 is 5.86. The van der Waals surface area contributed by atoms with Crippen LogP contribution in [0.1, 0.15) is 74.7 Å². The maximum absolute atomic E-state index is 13.6. The first-order valence-corrected chi connectivity index (χ1v) is 14.1. The SMILES string of the molecule is CC(C)CCC(=O)C1OC(SCCN(C)C)=NN1C(=O)NC1(NC(=O)c2ccc(C#N)cc2)CCCCC1. The molecule has 2 N–H and O–H groups in total. The van der Waals surface area contributed by atoms with Crippen LogP contribution >= 0.6 is 11.8 Å². The van der Waals surface area contributed by atoms with Gasteiger partial charge in [-0.1, -0.05) is 32.0 Å². The van der Waals surface area contributed by atoms with Crippen LogP contribution in [0.2, 0.25) is 0 Å². The number of thioether (sulfide) groups is 1. The first-order chi connectivity index (χ1) is 18.1. The summed E-state index contributed by atoms with van der Waals surface area (Å²) in [5, 5.41) is 20.8. The Balaban J connectivity index is 1.77. The smallest absolute Gasteiger partial charge is 0.343 e. The number of nitrogens with zero attached hydrogens (tertiary/aromatic N) is 4. The molecule has 1 atom stereocenters. The van der Waals surface area contributed by atoms with Crippen LogP contribution in [0.3, 0.4) is 0 Å². The molecular formula is C27H38N6O4S. The van der Waals surface area contributed by atoms with Gasteiger partial charge in [0, 0.05) is 24.3 Å². The molecule has 11 heteroatoms. The lowest BCUT2D eigenvalue weighted by atomic mass is 9.88. The van der Waals surface area contributed by atoms with Crippen molar-refractivity contribution < 1.29 is 19.1 Å². The Morgan fingerprint density at radius 3 is 2.47 bits per heavy atom. The fourth-order valence-electron chi connectivity index (χ4n) is 4.28. The third-order valence-corrected chi connectivity index (χ3v) is 7.33. The van der Waals surface area contributed by atoms with E-state index in [4.69, 9.17) is 10.00 Å². The highest BCUT2D eigenvalue weighted by molar-refractivity contribution is 8.13. The van der Waals surface area contributed by atoms with Crippen molar-refractivity contribution in [2.75, 3.05) is 26.4 Å². The van der Waals surface area contributed by atoms with Gasteiger partial charge in [-0.2, -0.15) is 10.3 Å². The number of urea groups is 1. The molecule has 0 saturated heterocycles. The first-order valence-electron chi connectivity index (χ1n) is 13.1. The molecule has 1 heterocycles. The highest BCUT2D eigenvalue weighted by atomic mass is 32.2. The van der Waals surface area contributed by atoms with E-state index in [9.17, 15) is 14.4 Å². The van der Waals surface area contributed by atoms with E-state index in [0.717, 1.165) is 30.8 Å². The highest BCUT2D eigenvalue weighted by Gasteiger charge is 2.42. The molecule has 10 nitrogen and oxygen atoms in total. The molecule has 1 aromatic rings. The summed E-state index contributed by atoms with van der Waals surface area (Å²) in [6, 6.07) is 7.80. The van der Waals surface area contributed by atoms with E-state index in [1.807, 2.05) is 38.9 Å². The van der Waals surface area contributed by atoms with Crippen molar-refractivity contribution in [2.24, 2.45) is 11.0 Å². The zero-order valence-electron chi connectivity index (χ0n) is 22.7. The monoisotopic (exact) mass is 542 g/mol. The van der Waals surface area contributed by atoms with Crippen LogP contribution in [0.5, 0.6) is 0 Å². The molecule has 0 aromatic heterocycles. The van der Waals surface area contributed by atoms with Gasteiger partial charge in [-0.05, 0) is 76.4 Å². The molecule has 2 aliphatic rings. The number of Topliss-reactive ketones (excluding diaryl/α,β-unsaturated/α-hetero) is 1. The number of hydrogen-bond donors (Lipinski definition) is 2. The molecule has 0 radical (unpaired) electrons. The fourth-order valence-corrected chi connectivity index (χ4v) is 5.22. The molecule has 3 amide bonds. The maximum atomic E-state index is 13.6. The Labute approximate surface area is 229 Å². The predicted octanol–water partition coefficient (Wildman–Crippen LogP) is 3.89. The molecule has 38 heavy (non-hydrogen) atoms. The zero-order valence-corrected chi connectivity index (χ0v) is 23.5. The van der Waals surface area contributed by atoms with Crippen LogP contribution in [0.25, 0.3) is 0 Å². The maximum Gasteiger partial charge on any atom is 0.343 e. The van der Waals surface area contributed by atoms with E-state index >= 15 is 0 Å². The van der Waals surface area contributed by atoms with Crippen molar-refractivity contribution >= 4 is 34.7 Å². The minimum atomic E-state index is -1.13. The number of ether oxygens (including phenoxy) is 1. The Bertz CT molecular complexity index is 1060. The molecule has 1 unspecified atom stereocenters. The minimum absolute atomic E-state index is 0.208. The second-order valence-corrected chi connectivity index (χ2v) is 11.5. The van der Waals surface area contributed by atoms with Gasteiger partial charge < -0.3 is 20.3 Å². The third kappa shape index (κ3) is 8.20. The molecule has 1 aliphatic carbocycles. The van der Waals surface area contributed by atoms with Crippen LogP contribution in [-0.2, 0) is 9.53 Å². The Morgan fingerprint density at radius 1 is 1.18 bits per heavy atom. The van der Waals surface area contributed by atoms with Gasteiger partial charge in [0.05, 0.1) is 11.6 Å². The summed E-state index contributed by atoms with van der Waals surface area (Å²) in [4.78, 5) is 41.7. The van der Waals surface area contributed by atoms with E-state index in [2.05, 4.69) is 15.7 Å². The number of amides is 3. The van der Waals surface area contributed by atoms with E-state index in [0.29, 0.717) is 42.1 Å². The molecule has 3 rings (SSSR count). The van der Waals surface area contributed by atoms with Crippen molar-refractivity contribution in [1.82, 2.24) is 20.5 Å². The van der Waals surface area contributed by atoms with Crippen molar-refractivity contribution in [3.05, 3.63) is 35.4 Å². The van der Waals surface area contributed by atoms with E-state index < -0.39 is 17.9 Å². The molecular weight excluding hydrogens is 504 g/mol. The molecule has 0 spiro atoms. The Kier molecular flexibility index (Phi) is 10.6. The number of carbonyl (C=O) groups is 3. The predicted molar refractivity (Wildman–Crippen MR) is 147 cm³/mol. The molecule has 1 aromatic carbocycles. The number of hydrogen-bond acceptors (Lipinski definition) is 8. The van der Waals surface area contributed by atoms with Crippen LogP contribution in [0.15, 0.2) is 29.4 Å². The lowest BCUT2D eigenvalue weighted by Crippen LogP contribution is -2.64. The standard InChI is InChI=1S/C27H38N6O4S/c1-19(2)8-13-22(34)24-33(31-26(37-24)38-17-16-32(3)4)25(36)30-27(14-6-5-7-15-27)29-23(35)21-11-9-20(18-28)10-12-21/h9-12,19,24H,5-8,13-17H2,1-4H3,(H,29,35)(H,30,36). The number of hydrazone groups is 1. The number of rotatable bonds is 10. The van der Waals surface area contributed by atoms with Gasteiger partial charge in [-0.25, -0.2) is 4.79 Å². The average Bonchev–Trinajstić information content (AvgIpc) is 3.32. The van der Waals surface area contributed by atoms with Crippen LogP contribution in [0.4, 0.5) is 4.79 Å². The van der Waals surface area contributed by atoms with Gasteiger partial charge >= 0.3 is 6.03 Å². The molecule has 1 fully saturated rings. The second-order valence-electron chi connectivity index (χ2n) is 10.4. The van der Waals surface area contributed by atoms with Gasteiger partial charge in [0.1, 0.15) is 5.66 Å². The largest absolute Gasteiger partial charge is 0.438 e. The summed E-state index contributed by atoms with van der Waals surface area (Å²) in [5.74, 6) is 0.474. The number of benzene rings is 1. The van der Waals surface area contributed by atoms with Crippen molar-refractivity contribution in [3.63, 3.8) is 0 Å². The van der Waals surface area contributed by atoms with Gasteiger partial charge in [0.25, 0.3) is 17.4 Å². The number of ketones is 1. The lowest BCUT2D eigenvalue weighted by Gasteiger charge is -2.39. The normalized spacial score (nSPS) is 18.5. The minimum Gasteiger partial charge on any atom is -0.438 e. The van der Waals surface area contributed by atoms with E-state index in [1.165, 1.54) is 11.8 Å². The number of carbonyl (C=O) groups excluding carboxylic acids is 3. The Morgan fingerprint density at radius 2 is 1.87 bits per heavy atom. The fraction of sp³-hybridized carbons (Fsp3) is 0.593. The summed E-state index contributed by atoms with van der Waals surface area (Å²) in [7, 11) is 3.93. The summed E-state index contributed by atoms with van der Waals surface area (Å²) >= 11 is 1.35. The topological polar surface area (TPSA) is 127 Å². The summed E-state index contributed by atoms with van der Waals surface area (Å²) in [6.45, 7) is 4.86. The number of nitrogens with one attached hydrogen (secondary N) is 2. The van der Waals surface area contributed by atoms with Crippen LogP contribution in [0, 0.1) is 17.2 Å². The first kappa shape index (κ1) is 29.5. The quantitative estimate of drug-likeness (QED) is 0.430. The van der Waals surface area contributed by atoms with Crippen molar-refractivity contribution in [1.29, 1.82) is 5.26 Å². The second kappa shape index (κ2) is 13.6. The van der Waals surface area contributed by atoms with Gasteiger partial charge in [0.15, 0.2) is 5.78 Å². The zero-order chi connectivity index (χ0) is 27.7. The molecule has 0 bridgehead atoms. The van der Waals surface area contributed by atoms with Gasteiger partial charge in [-0.15, -0.1) is 5.10 Å². The highest BCUT2D eigenvalue weighted by Crippen LogP contribution is 2.28. The molecule has 1 aliphatic heterocycles. The summed E-state index contributed by atoms with van der Waals surface area (Å²) in [6.07, 6.45) is 3.58. The van der Waals surface area contributed by atoms with Crippen molar-refractivity contribution in [3.8, 4) is 6.07 Å². The van der Waals surface area contributed by atoms with Gasteiger partial charge in [0.2, 0.25) is 0 Å². The Hall–Kier alpha value is -3.10. The van der Waals surface area contributed by atoms with Crippen LogP contribution in [-0.4, -0.2) is 71.1 Å². The van der Waals surface area contributed by atoms with E-state index in [1.54, 1.807) is 24.3 Å². The van der Waals surface area contributed by atoms with Crippen LogP contribution < -0.4 is 10.6 Å². The van der Waals surface area contributed by atoms with E-state index in [-0.39, 0.29) is 23.3 Å². The third-order valence-electron chi connectivity index (χ3n) is 6.52. The lowest BCUT2D eigenvalue weighted by molar-refractivity contribution is -0.131. The molecule has 1 saturated carbocycles. The van der Waals surface area contributed by atoms with Gasteiger partial charge in [-0.3, -0.25) is 9.59 Å². The molecule has 206 valence electrons.